The lowest BCUT2D eigenvalue weighted by atomic mass is 10.0. The molecule has 1 rings (SSSR count). The quantitative estimate of drug-likeness (QED) is 0.484. The molecular weight excluding hydrogens is 276 g/mol. The maximum absolute atomic E-state index is 11.2. The van der Waals surface area contributed by atoms with Crippen molar-refractivity contribution < 1.29 is 9.72 Å². The molecule has 0 aliphatic rings. The number of hydrogen-bond acceptors (Lipinski definition) is 4. The maximum atomic E-state index is 11.2. The van der Waals surface area contributed by atoms with E-state index in [1.165, 1.54) is 25.1 Å². The number of Topliss-reactive ketones (excluding diaryl/α,β-unsaturated/α-hetero) is 1. The van der Waals surface area contributed by atoms with Crippen molar-refractivity contribution >= 4 is 27.4 Å². The summed E-state index contributed by atoms with van der Waals surface area (Å²) >= 11 is 3.06. The second kappa shape index (κ2) is 4.86. The number of benzene rings is 1. The fourth-order valence-corrected chi connectivity index (χ4v) is 1.76. The molecule has 1 unspecified atom stereocenters. The monoisotopic (exact) mass is 282 g/mol. The Morgan fingerprint density at radius 1 is 1.62 bits per heavy atom. The molecular formula is C10H7BrN2O3. The first-order valence-electron chi connectivity index (χ1n) is 4.31. The molecule has 0 N–H and O–H groups in total. The van der Waals surface area contributed by atoms with Gasteiger partial charge in [-0.25, -0.2) is 0 Å². The van der Waals surface area contributed by atoms with Crippen LogP contribution in [0.1, 0.15) is 22.9 Å². The van der Waals surface area contributed by atoms with E-state index in [4.69, 9.17) is 5.26 Å². The summed E-state index contributed by atoms with van der Waals surface area (Å²) in [6, 6.07) is 5.97. The highest BCUT2D eigenvalue weighted by atomic mass is 79.9. The summed E-state index contributed by atoms with van der Waals surface area (Å²) in [5.41, 5.74) is 0.0184. The van der Waals surface area contributed by atoms with Crippen molar-refractivity contribution in [3.8, 4) is 6.07 Å². The van der Waals surface area contributed by atoms with Crippen LogP contribution in [-0.4, -0.2) is 10.7 Å². The normalized spacial score (nSPS) is 11.6. The zero-order valence-corrected chi connectivity index (χ0v) is 9.89. The van der Waals surface area contributed by atoms with Gasteiger partial charge in [-0.1, -0.05) is 22.0 Å². The van der Waals surface area contributed by atoms with Crippen LogP contribution in [0, 0.1) is 21.4 Å². The molecule has 16 heavy (non-hydrogen) atoms. The van der Waals surface area contributed by atoms with E-state index in [-0.39, 0.29) is 22.6 Å². The highest BCUT2D eigenvalue weighted by molar-refractivity contribution is 9.09. The number of alkyl halides is 1. The van der Waals surface area contributed by atoms with E-state index in [0.717, 1.165) is 0 Å². The smallest absolute Gasteiger partial charge is 0.275 e. The lowest BCUT2D eigenvalue weighted by molar-refractivity contribution is -0.385. The Labute approximate surface area is 100.0 Å². The van der Waals surface area contributed by atoms with Gasteiger partial charge in [0.25, 0.3) is 5.69 Å². The van der Waals surface area contributed by atoms with E-state index in [2.05, 4.69) is 15.9 Å². The van der Waals surface area contributed by atoms with Gasteiger partial charge in [0, 0.05) is 6.07 Å². The third-order valence-corrected chi connectivity index (χ3v) is 3.11. The standard InChI is InChI=1S/C10H7BrN2O3/c1-6(14)10(11)9-7(5-12)3-2-4-8(9)13(15)16/h2-4,10H,1H3. The van der Waals surface area contributed by atoms with Crippen LogP contribution < -0.4 is 0 Å². The van der Waals surface area contributed by atoms with Crippen molar-refractivity contribution in [1.29, 1.82) is 5.26 Å². The van der Waals surface area contributed by atoms with Gasteiger partial charge in [-0.2, -0.15) is 5.26 Å². The third-order valence-electron chi connectivity index (χ3n) is 2.01. The van der Waals surface area contributed by atoms with E-state index in [1.807, 2.05) is 6.07 Å². The molecule has 6 heteroatoms. The minimum atomic E-state index is -0.830. The predicted octanol–water partition coefficient (Wildman–Crippen LogP) is 2.49. The van der Waals surface area contributed by atoms with E-state index in [1.54, 1.807) is 0 Å². The summed E-state index contributed by atoms with van der Waals surface area (Å²) in [5, 5.41) is 19.6. The highest BCUT2D eigenvalue weighted by Gasteiger charge is 2.26. The summed E-state index contributed by atoms with van der Waals surface area (Å²) in [7, 11) is 0. The second-order valence-electron chi connectivity index (χ2n) is 3.08. The zero-order valence-electron chi connectivity index (χ0n) is 8.31. The predicted molar refractivity (Wildman–Crippen MR) is 60.2 cm³/mol. The van der Waals surface area contributed by atoms with Crippen LogP contribution >= 0.6 is 15.9 Å². The van der Waals surface area contributed by atoms with Gasteiger partial charge in [-0.05, 0) is 13.0 Å². The van der Waals surface area contributed by atoms with Gasteiger partial charge in [-0.3, -0.25) is 14.9 Å². The number of ketones is 1. The summed E-state index contributed by atoms with van der Waals surface area (Å²) in [6.45, 7) is 1.30. The minimum absolute atomic E-state index is 0.113. The van der Waals surface area contributed by atoms with Crippen LogP contribution in [0.4, 0.5) is 5.69 Å². The Balaban J connectivity index is 3.49. The van der Waals surface area contributed by atoms with E-state index < -0.39 is 9.75 Å². The van der Waals surface area contributed by atoms with Crippen molar-refractivity contribution in [1.82, 2.24) is 0 Å². The number of nitriles is 1. The number of hydrogen-bond donors (Lipinski definition) is 0. The molecule has 1 atom stereocenters. The molecule has 0 aliphatic heterocycles. The number of nitro benzene ring substituents is 1. The summed E-state index contributed by atoms with van der Waals surface area (Å²) in [5.74, 6) is -0.286. The highest BCUT2D eigenvalue weighted by Crippen LogP contribution is 2.34. The fourth-order valence-electron chi connectivity index (χ4n) is 1.28. The molecule has 0 fully saturated rings. The summed E-state index contributed by atoms with van der Waals surface area (Å²) in [4.78, 5) is 20.6. The molecule has 0 amide bonds. The van der Waals surface area contributed by atoms with E-state index in [0.29, 0.717) is 0 Å². The van der Waals surface area contributed by atoms with Crippen LogP contribution in [0.5, 0.6) is 0 Å². The average molecular weight is 283 g/mol. The maximum Gasteiger partial charge on any atom is 0.275 e. The topological polar surface area (TPSA) is 84.0 Å². The number of carbonyl (C=O) groups excluding carboxylic acids is 1. The molecule has 5 nitrogen and oxygen atoms in total. The van der Waals surface area contributed by atoms with Crippen LogP contribution in [0.15, 0.2) is 18.2 Å². The number of nitrogens with zero attached hydrogens (tertiary/aromatic N) is 2. The molecule has 82 valence electrons. The zero-order chi connectivity index (χ0) is 12.3. The first kappa shape index (κ1) is 12.3. The van der Waals surface area contributed by atoms with Crippen molar-refractivity contribution in [3.63, 3.8) is 0 Å². The Kier molecular flexibility index (Phi) is 3.74. The van der Waals surface area contributed by atoms with Gasteiger partial charge in [0.15, 0.2) is 0 Å². The number of rotatable bonds is 3. The van der Waals surface area contributed by atoms with Crippen LogP contribution in [0.3, 0.4) is 0 Å². The number of halogens is 1. The molecule has 0 bridgehead atoms. The van der Waals surface area contributed by atoms with Gasteiger partial charge in [0.2, 0.25) is 0 Å². The molecule has 0 saturated carbocycles. The lowest BCUT2D eigenvalue weighted by Crippen LogP contribution is -2.07. The van der Waals surface area contributed by atoms with Crippen molar-refractivity contribution in [2.45, 2.75) is 11.8 Å². The van der Waals surface area contributed by atoms with Crippen molar-refractivity contribution in [2.75, 3.05) is 0 Å². The Morgan fingerprint density at radius 3 is 2.69 bits per heavy atom. The van der Waals surface area contributed by atoms with Crippen LogP contribution in [0.2, 0.25) is 0 Å². The minimum Gasteiger partial charge on any atom is -0.298 e. The number of nitro groups is 1. The molecule has 0 radical (unpaired) electrons. The second-order valence-corrected chi connectivity index (χ2v) is 4.00. The Hall–Kier alpha value is -1.74. The van der Waals surface area contributed by atoms with E-state index >= 15 is 0 Å². The SMILES string of the molecule is CC(=O)C(Br)c1c(C#N)cccc1[N+](=O)[O-]. The first-order valence-corrected chi connectivity index (χ1v) is 5.22. The summed E-state index contributed by atoms with van der Waals surface area (Å²) in [6.07, 6.45) is 0. The molecule has 0 aliphatic carbocycles. The van der Waals surface area contributed by atoms with Gasteiger partial charge in [0.1, 0.15) is 10.6 Å². The molecule has 0 spiro atoms. The Bertz CT molecular complexity index is 493. The lowest BCUT2D eigenvalue weighted by Gasteiger charge is -2.08. The van der Waals surface area contributed by atoms with Gasteiger partial charge >= 0.3 is 0 Å². The third kappa shape index (κ3) is 2.25. The van der Waals surface area contributed by atoms with Crippen LogP contribution in [-0.2, 0) is 4.79 Å². The fraction of sp³-hybridized carbons (Fsp3) is 0.200. The first-order chi connectivity index (χ1) is 7.49. The molecule has 0 saturated heterocycles. The average Bonchev–Trinajstić information content (AvgIpc) is 2.26. The van der Waals surface area contributed by atoms with Gasteiger partial charge in [-0.15, -0.1) is 0 Å². The van der Waals surface area contributed by atoms with Crippen molar-refractivity contribution in [2.24, 2.45) is 0 Å². The van der Waals surface area contributed by atoms with E-state index in [9.17, 15) is 14.9 Å². The van der Waals surface area contributed by atoms with Crippen LogP contribution in [0.25, 0.3) is 0 Å². The van der Waals surface area contributed by atoms with Gasteiger partial charge in [0.05, 0.1) is 22.1 Å². The Morgan fingerprint density at radius 2 is 2.25 bits per heavy atom. The van der Waals surface area contributed by atoms with Gasteiger partial charge < -0.3 is 0 Å². The largest absolute Gasteiger partial charge is 0.298 e. The molecule has 0 heterocycles. The molecule has 1 aromatic rings. The van der Waals surface area contributed by atoms with Crippen molar-refractivity contribution in [3.05, 3.63) is 39.4 Å². The summed E-state index contributed by atoms with van der Waals surface area (Å²) < 4.78 is 0. The molecule has 1 aromatic carbocycles. The molecule has 0 aromatic heterocycles. The number of carbonyl (C=O) groups is 1.